The van der Waals surface area contributed by atoms with E-state index in [1.165, 1.54) is 7.11 Å². The lowest BCUT2D eigenvalue weighted by molar-refractivity contribution is -0.140. The number of carbonyl (C=O) groups is 2. The van der Waals surface area contributed by atoms with Crippen molar-refractivity contribution in [3.05, 3.63) is 102 Å². The molecule has 0 aliphatic rings. The number of methoxy groups -OCH3 is 1. The van der Waals surface area contributed by atoms with Crippen LogP contribution in [-0.4, -0.2) is 18.9 Å². The first-order valence-electron chi connectivity index (χ1n) is 9.60. The lowest BCUT2D eigenvalue weighted by atomic mass is 9.87. The summed E-state index contributed by atoms with van der Waals surface area (Å²) in [5, 5.41) is 0. The number of hydrogen-bond donors (Lipinski definition) is 0. The topological polar surface area (TPSA) is 52.6 Å². The number of ether oxygens (including phenoxy) is 2. The molecule has 1 unspecified atom stereocenters. The van der Waals surface area contributed by atoms with E-state index in [1.54, 1.807) is 24.3 Å². The molecule has 29 heavy (non-hydrogen) atoms. The molecule has 148 valence electrons. The van der Waals surface area contributed by atoms with Crippen molar-refractivity contribution in [2.75, 3.05) is 7.11 Å². The Bertz CT molecular complexity index is 918. The fourth-order valence-electron chi connectivity index (χ4n) is 3.16. The first-order valence-corrected chi connectivity index (χ1v) is 9.60. The molecule has 0 aliphatic heterocycles. The van der Waals surface area contributed by atoms with E-state index in [4.69, 9.17) is 9.47 Å². The second-order valence-corrected chi connectivity index (χ2v) is 6.74. The lowest BCUT2D eigenvalue weighted by Crippen LogP contribution is -2.15. The highest BCUT2D eigenvalue weighted by molar-refractivity contribution is 6.01. The van der Waals surface area contributed by atoms with Gasteiger partial charge in [0.2, 0.25) is 0 Å². The first kappa shape index (κ1) is 20.3. The molecule has 0 fully saturated rings. The average Bonchev–Trinajstić information content (AvgIpc) is 2.79. The van der Waals surface area contributed by atoms with Gasteiger partial charge in [-0.2, -0.15) is 0 Å². The number of ketones is 1. The van der Waals surface area contributed by atoms with Crippen LogP contribution >= 0.6 is 0 Å². The molecule has 0 aromatic heterocycles. The van der Waals surface area contributed by atoms with E-state index in [2.05, 4.69) is 0 Å². The predicted octanol–water partition coefficient (Wildman–Crippen LogP) is 5.19. The third kappa shape index (κ3) is 5.79. The summed E-state index contributed by atoms with van der Waals surface area (Å²) in [6.45, 7) is 0.472. The Balaban J connectivity index is 1.70. The van der Waals surface area contributed by atoms with Crippen molar-refractivity contribution in [1.29, 1.82) is 0 Å². The van der Waals surface area contributed by atoms with Crippen LogP contribution in [0.4, 0.5) is 0 Å². The molecule has 0 saturated heterocycles. The maximum absolute atomic E-state index is 13.1. The number of Topliss-reactive ketones (excluding diaryl/α,β-unsaturated/α-hetero) is 1. The highest BCUT2D eigenvalue weighted by atomic mass is 16.5. The molecule has 0 bridgehead atoms. The minimum atomic E-state index is -0.397. The minimum absolute atomic E-state index is 0.0188. The van der Waals surface area contributed by atoms with Crippen LogP contribution < -0.4 is 4.74 Å². The van der Waals surface area contributed by atoms with Gasteiger partial charge in [-0.25, -0.2) is 0 Å². The van der Waals surface area contributed by atoms with Gasteiger partial charge in [0.1, 0.15) is 12.4 Å². The van der Waals surface area contributed by atoms with Crippen LogP contribution in [0.25, 0.3) is 0 Å². The second-order valence-electron chi connectivity index (χ2n) is 6.74. The van der Waals surface area contributed by atoms with E-state index in [0.29, 0.717) is 24.3 Å². The smallest absolute Gasteiger partial charge is 0.305 e. The van der Waals surface area contributed by atoms with Crippen LogP contribution in [0.2, 0.25) is 0 Å². The zero-order valence-electron chi connectivity index (χ0n) is 16.4. The number of rotatable bonds is 9. The van der Waals surface area contributed by atoms with Crippen molar-refractivity contribution >= 4 is 11.8 Å². The molecule has 3 aromatic carbocycles. The highest BCUT2D eigenvalue weighted by Crippen LogP contribution is 2.27. The fourth-order valence-corrected chi connectivity index (χ4v) is 3.16. The van der Waals surface area contributed by atoms with Crippen molar-refractivity contribution in [3.63, 3.8) is 0 Å². The van der Waals surface area contributed by atoms with Gasteiger partial charge in [-0.15, -0.1) is 0 Å². The van der Waals surface area contributed by atoms with E-state index in [1.807, 2.05) is 60.7 Å². The Morgan fingerprint density at radius 2 is 1.45 bits per heavy atom. The van der Waals surface area contributed by atoms with Crippen LogP contribution in [0, 0.1) is 0 Å². The zero-order chi connectivity index (χ0) is 20.5. The maximum Gasteiger partial charge on any atom is 0.305 e. The van der Waals surface area contributed by atoms with Gasteiger partial charge in [0.15, 0.2) is 5.78 Å². The van der Waals surface area contributed by atoms with Crippen LogP contribution in [0.15, 0.2) is 84.9 Å². The van der Waals surface area contributed by atoms with Gasteiger partial charge in [-0.1, -0.05) is 60.7 Å². The molecule has 3 rings (SSSR count). The monoisotopic (exact) mass is 388 g/mol. The van der Waals surface area contributed by atoms with Gasteiger partial charge in [-0.3, -0.25) is 9.59 Å². The molecular weight excluding hydrogens is 364 g/mol. The molecule has 0 heterocycles. The van der Waals surface area contributed by atoms with Crippen molar-refractivity contribution in [3.8, 4) is 5.75 Å². The van der Waals surface area contributed by atoms with E-state index in [9.17, 15) is 9.59 Å². The summed E-state index contributed by atoms with van der Waals surface area (Å²) in [6, 6.07) is 26.6. The number of carbonyl (C=O) groups excluding carboxylic acids is 2. The second kappa shape index (κ2) is 10.2. The zero-order valence-corrected chi connectivity index (χ0v) is 16.4. The molecule has 0 aliphatic carbocycles. The van der Waals surface area contributed by atoms with Crippen LogP contribution in [0.5, 0.6) is 5.75 Å². The van der Waals surface area contributed by atoms with E-state index < -0.39 is 5.92 Å². The summed E-state index contributed by atoms with van der Waals surface area (Å²) in [7, 11) is 1.36. The summed E-state index contributed by atoms with van der Waals surface area (Å²) in [4.78, 5) is 24.7. The molecule has 3 aromatic rings. The van der Waals surface area contributed by atoms with Gasteiger partial charge in [0, 0.05) is 17.9 Å². The summed E-state index contributed by atoms with van der Waals surface area (Å²) in [5.74, 6) is -0.0271. The molecule has 0 amide bonds. The Labute approximate surface area is 171 Å². The Morgan fingerprint density at radius 3 is 2.07 bits per heavy atom. The fraction of sp³-hybridized carbons (Fsp3) is 0.200. The van der Waals surface area contributed by atoms with Gasteiger partial charge >= 0.3 is 5.97 Å². The Kier molecular flexibility index (Phi) is 7.17. The Hall–Kier alpha value is -3.40. The molecule has 0 radical (unpaired) electrons. The molecule has 4 nitrogen and oxygen atoms in total. The van der Waals surface area contributed by atoms with Gasteiger partial charge in [0.05, 0.1) is 7.11 Å². The largest absolute Gasteiger partial charge is 0.489 e. The molecule has 1 atom stereocenters. The summed E-state index contributed by atoms with van der Waals surface area (Å²) >= 11 is 0. The quantitative estimate of drug-likeness (QED) is 0.374. The van der Waals surface area contributed by atoms with Crippen LogP contribution in [0.3, 0.4) is 0 Å². The van der Waals surface area contributed by atoms with Crippen molar-refractivity contribution in [2.45, 2.75) is 25.4 Å². The predicted molar refractivity (Wildman–Crippen MR) is 112 cm³/mol. The number of hydrogen-bond acceptors (Lipinski definition) is 4. The van der Waals surface area contributed by atoms with Gasteiger partial charge in [-0.05, 0) is 41.8 Å². The average molecular weight is 388 g/mol. The summed E-state index contributed by atoms with van der Waals surface area (Å²) in [6.07, 6.45) is 0.599. The molecule has 0 N–H and O–H groups in total. The van der Waals surface area contributed by atoms with E-state index >= 15 is 0 Å². The Morgan fingerprint density at radius 1 is 0.828 bits per heavy atom. The van der Waals surface area contributed by atoms with E-state index in [0.717, 1.165) is 11.1 Å². The van der Waals surface area contributed by atoms with E-state index in [-0.39, 0.29) is 18.2 Å². The number of esters is 1. The van der Waals surface area contributed by atoms with Crippen LogP contribution in [-0.2, 0) is 16.1 Å². The standard InChI is InChI=1S/C25H24O4/c1-28-24(26)17-16-23(20-10-6-3-7-11-20)25(27)21-12-14-22(15-13-21)29-18-19-8-4-2-5-9-19/h2-15,23H,16-18H2,1H3. The summed E-state index contributed by atoms with van der Waals surface area (Å²) < 4.78 is 10.5. The normalized spacial score (nSPS) is 11.5. The lowest BCUT2D eigenvalue weighted by Gasteiger charge is -2.16. The molecular formula is C25H24O4. The van der Waals surface area contributed by atoms with Gasteiger partial charge in [0.25, 0.3) is 0 Å². The minimum Gasteiger partial charge on any atom is -0.489 e. The molecule has 4 heteroatoms. The summed E-state index contributed by atoms with van der Waals surface area (Å²) in [5.41, 5.74) is 2.57. The first-order chi connectivity index (χ1) is 14.2. The van der Waals surface area contributed by atoms with Crippen molar-refractivity contribution < 1.29 is 19.1 Å². The van der Waals surface area contributed by atoms with Crippen molar-refractivity contribution in [2.24, 2.45) is 0 Å². The SMILES string of the molecule is COC(=O)CCC(C(=O)c1ccc(OCc2ccccc2)cc1)c1ccccc1. The van der Waals surface area contributed by atoms with Crippen molar-refractivity contribution in [1.82, 2.24) is 0 Å². The number of benzene rings is 3. The third-order valence-electron chi connectivity index (χ3n) is 4.77. The highest BCUT2D eigenvalue weighted by Gasteiger charge is 2.23. The molecule has 0 saturated carbocycles. The third-order valence-corrected chi connectivity index (χ3v) is 4.77. The van der Waals surface area contributed by atoms with Crippen LogP contribution in [0.1, 0.15) is 40.2 Å². The van der Waals surface area contributed by atoms with Gasteiger partial charge < -0.3 is 9.47 Å². The maximum atomic E-state index is 13.1. The molecule has 0 spiro atoms.